The van der Waals surface area contributed by atoms with E-state index in [0.717, 1.165) is 23.3 Å². The zero-order valence-corrected chi connectivity index (χ0v) is 16.7. The van der Waals surface area contributed by atoms with Crippen molar-refractivity contribution in [1.82, 2.24) is 0 Å². The maximum Gasteiger partial charge on any atom is 0.283 e. The van der Waals surface area contributed by atoms with Crippen LogP contribution in [0, 0.1) is 13.8 Å². The standard InChI is InChI=1S/C21H21ClN2OS/c1-4-11-26-21-23-18(13-16-8-5-14(2)6-9-16)20(25)24(21)19-10-7-15(3)12-17(19)22/h5-10,12-13H,4,11H2,1-3H3. The van der Waals surface area contributed by atoms with E-state index in [9.17, 15) is 4.79 Å². The first-order valence-corrected chi connectivity index (χ1v) is 9.96. The molecule has 2 aromatic rings. The molecule has 1 amide bonds. The minimum Gasteiger partial charge on any atom is -0.266 e. The number of anilines is 1. The van der Waals surface area contributed by atoms with Crippen LogP contribution in [0.1, 0.15) is 30.0 Å². The molecule has 0 spiro atoms. The molecular weight excluding hydrogens is 364 g/mol. The van der Waals surface area contributed by atoms with Crippen molar-refractivity contribution in [2.24, 2.45) is 4.99 Å². The first-order valence-electron chi connectivity index (χ1n) is 8.60. The number of benzene rings is 2. The summed E-state index contributed by atoms with van der Waals surface area (Å²) in [6.07, 6.45) is 2.83. The van der Waals surface area contributed by atoms with Gasteiger partial charge in [0.05, 0.1) is 10.7 Å². The molecular formula is C21H21ClN2OS. The van der Waals surface area contributed by atoms with Crippen LogP contribution in [0.25, 0.3) is 6.08 Å². The molecule has 0 aliphatic carbocycles. The molecule has 3 rings (SSSR count). The predicted molar refractivity (Wildman–Crippen MR) is 113 cm³/mol. The highest BCUT2D eigenvalue weighted by atomic mass is 35.5. The predicted octanol–water partition coefficient (Wildman–Crippen LogP) is 5.84. The third-order valence-corrected chi connectivity index (χ3v) is 5.44. The van der Waals surface area contributed by atoms with Gasteiger partial charge in [-0.15, -0.1) is 0 Å². The van der Waals surface area contributed by atoms with E-state index in [1.165, 1.54) is 5.56 Å². The second-order valence-electron chi connectivity index (χ2n) is 6.28. The van der Waals surface area contributed by atoms with Crippen LogP contribution in [-0.4, -0.2) is 16.8 Å². The van der Waals surface area contributed by atoms with Gasteiger partial charge in [0.2, 0.25) is 0 Å². The monoisotopic (exact) mass is 384 g/mol. The third kappa shape index (κ3) is 4.02. The molecule has 0 saturated carbocycles. The number of amides is 1. The Balaban J connectivity index is 2.00. The molecule has 0 N–H and O–H groups in total. The summed E-state index contributed by atoms with van der Waals surface area (Å²) in [5.74, 6) is 0.749. The number of aryl methyl sites for hydroxylation is 2. The summed E-state index contributed by atoms with van der Waals surface area (Å²) >= 11 is 8.00. The Bertz CT molecular complexity index is 887. The highest BCUT2D eigenvalue weighted by Crippen LogP contribution is 2.34. The smallest absolute Gasteiger partial charge is 0.266 e. The van der Waals surface area contributed by atoms with Gasteiger partial charge in [0.1, 0.15) is 5.70 Å². The highest BCUT2D eigenvalue weighted by molar-refractivity contribution is 8.14. The number of carbonyl (C=O) groups excluding carboxylic acids is 1. The molecule has 26 heavy (non-hydrogen) atoms. The van der Waals surface area contributed by atoms with Crippen molar-refractivity contribution in [2.75, 3.05) is 10.7 Å². The molecule has 0 atom stereocenters. The summed E-state index contributed by atoms with van der Waals surface area (Å²) in [6, 6.07) is 13.7. The Labute approximate surface area is 163 Å². The van der Waals surface area contributed by atoms with Crippen molar-refractivity contribution in [3.63, 3.8) is 0 Å². The van der Waals surface area contributed by atoms with E-state index in [4.69, 9.17) is 11.6 Å². The Kier molecular flexibility index (Phi) is 5.84. The molecule has 3 nitrogen and oxygen atoms in total. The van der Waals surface area contributed by atoms with Crippen LogP contribution in [-0.2, 0) is 4.79 Å². The molecule has 0 radical (unpaired) electrons. The SMILES string of the molecule is CCCSC1=NC(=Cc2ccc(C)cc2)C(=O)N1c1ccc(C)cc1Cl. The fourth-order valence-corrected chi connectivity index (χ4v) is 3.79. The van der Waals surface area contributed by atoms with Crippen LogP contribution in [0.2, 0.25) is 5.02 Å². The van der Waals surface area contributed by atoms with Gasteiger partial charge in [0.25, 0.3) is 5.91 Å². The van der Waals surface area contributed by atoms with Gasteiger partial charge in [0, 0.05) is 5.75 Å². The fourth-order valence-electron chi connectivity index (χ4n) is 2.61. The van der Waals surface area contributed by atoms with E-state index in [2.05, 4.69) is 11.9 Å². The van der Waals surface area contributed by atoms with Gasteiger partial charge in [-0.2, -0.15) is 0 Å². The van der Waals surface area contributed by atoms with Crippen LogP contribution >= 0.6 is 23.4 Å². The summed E-state index contributed by atoms with van der Waals surface area (Å²) in [4.78, 5) is 19.3. The first-order chi connectivity index (χ1) is 12.5. The number of thioether (sulfide) groups is 1. The molecule has 0 bridgehead atoms. The fraction of sp³-hybridized carbons (Fsp3) is 0.238. The van der Waals surface area contributed by atoms with Gasteiger partial charge in [-0.05, 0) is 49.6 Å². The minimum atomic E-state index is -0.144. The van der Waals surface area contributed by atoms with Crippen molar-refractivity contribution < 1.29 is 4.79 Å². The number of nitrogens with zero attached hydrogens (tertiary/aromatic N) is 2. The molecule has 1 heterocycles. The van der Waals surface area contributed by atoms with E-state index >= 15 is 0 Å². The molecule has 1 aliphatic heterocycles. The van der Waals surface area contributed by atoms with E-state index in [1.54, 1.807) is 16.7 Å². The van der Waals surface area contributed by atoms with E-state index < -0.39 is 0 Å². The van der Waals surface area contributed by atoms with E-state index in [0.29, 0.717) is 21.6 Å². The topological polar surface area (TPSA) is 32.7 Å². The lowest BCUT2D eigenvalue weighted by Crippen LogP contribution is -2.30. The number of rotatable bonds is 4. The second-order valence-corrected chi connectivity index (χ2v) is 7.75. The molecule has 0 saturated heterocycles. The number of carbonyl (C=O) groups is 1. The van der Waals surface area contributed by atoms with Gasteiger partial charge in [-0.1, -0.05) is 66.2 Å². The van der Waals surface area contributed by atoms with Crippen LogP contribution < -0.4 is 4.90 Å². The van der Waals surface area contributed by atoms with Gasteiger partial charge >= 0.3 is 0 Å². The van der Waals surface area contributed by atoms with Crippen LogP contribution in [0.15, 0.2) is 53.2 Å². The summed E-state index contributed by atoms with van der Waals surface area (Å²) in [7, 11) is 0. The zero-order valence-electron chi connectivity index (χ0n) is 15.1. The van der Waals surface area contributed by atoms with Crippen molar-refractivity contribution >= 4 is 46.2 Å². The van der Waals surface area contributed by atoms with Crippen molar-refractivity contribution in [3.05, 3.63) is 69.9 Å². The second kappa shape index (κ2) is 8.11. The van der Waals surface area contributed by atoms with Gasteiger partial charge in [-0.3, -0.25) is 9.69 Å². The number of halogens is 1. The highest BCUT2D eigenvalue weighted by Gasteiger charge is 2.33. The largest absolute Gasteiger partial charge is 0.283 e. The summed E-state index contributed by atoms with van der Waals surface area (Å²) in [6.45, 7) is 6.12. The average molecular weight is 385 g/mol. The Hall–Kier alpha value is -2.04. The Morgan fingerprint density at radius 2 is 1.81 bits per heavy atom. The van der Waals surface area contributed by atoms with Crippen molar-refractivity contribution in [2.45, 2.75) is 27.2 Å². The normalized spacial score (nSPS) is 15.7. The average Bonchev–Trinajstić information content (AvgIpc) is 2.91. The van der Waals surface area contributed by atoms with Crippen LogP contribution in [0.4, 0.5) is 5.69 Å². The lowest BCUT2D eigenvalue weighted by Gasteiger charge is -2.19. The molecule has 0 fully saturated rings. The van der Waals surface area contributed by atoms with E-state index in [-0.39, 0.29) is 5.91 Å². The summed E-state index contributed by atoms with van der Waals surface area (Å²) in [5.41, 5.74) is 4.31. The molecule has 0 aromatic heterocycles. The van der Waals surface area contributed by atoms with Crippen LogP contribution in [0.5, 0.6) is 0 Å². The Morgan fingerprint density at radius 3 is 2.46 bits per heavy atom. The number of amidine groups is 1. The zero-order chi connectivity index (χ0) is 18.7. The third-order valence-electron chi connectivity index (χ3n) is 3.99. The van der Waals surface area contributed by atoms with Gasteiger partial charge in [0.15, 0.2) is 5.17 Å². The maximum absolute atomic E-state index is 13.1. The van der Waals surface area contributed by atoms with E-state index in [1.807, 2.05) is 62.4 Å². The lowest BCUT2D eigenvalue weighted by molar-refractivity contribution is -0.113. The molecule has 2 aromatic carbocycles. The maximum atomic E-state index is 13.1. The van der Waals surface area contributed by atoms with Crippen LogP contribution in [0.3, 0.4) is 0 Å². The minimum absolute atomic E-state index is 0.144. The van der Waals surface area contributed by atoms with Gasteiger partial charge in [-0.25, -0.2) is 4.99 Å². The summed E-state index contributed by atoms with van der Waals surface area (Å²) < 4.78 is 0. The quantitative estimate of drug-likeness (QED) is 0.620. The van der Waals surface area contributed by atoms with Gasteiger partial charge < -0.3 is 0 Å². The number of aliphatic imine (C=N–C) groups is 1. The molecule has 1 aliphatic rings. The van der Waals surface area contributed by atoms with Crippen molar-refractivity contribution in [3.8, 4) is 0 Å². The molecule has 0 unspecified atom stereocenters. The number of hydrogen-bond donors (Lipinski definition) is 0. The summed E-state index contributed by atoms with van der Waals surface area (Å²) in [5, 5.41) is 1.24. The first kappa shape index (κ1) is 18.7. The van der Waals surface area contributed by atoms with Crippen molar-refractivity contribution in [1.29, 1.82) is 0 Å². The molecule has 5 heteroatoms. The Morgan fingerprint density at radius 1 is 1.12 bits per heavy atom. The molecule has 134 valence electrons. The number of hydrogen-bond acceptors (Lipinski definition) is 3. The lowest BCUT2D eigenvalue weighted by atomic mass is 10.1.